The van der Waals surface area contributed by atoms with Crippen molar-refractivity contribution in [2.45, 2.75) is 0 Å². The lowest BCUT2D eigenvalue weighted by Gasteiger charge is -2.07. The Labute approximate surface area is 121 Å². The molecule has 21 heavy (non-hydrogen) atoms. The summed E-state index contributed by atoms with van der Waals surface area (Å²) in [5.41, 5.74) is 1.01. The summed E-state index contributed by atoms with van der Waals surface area (Å²) in [6.07, 6.45) is 1.70. The van der Waals surface area contributed by atoms with Crippen LogP contribution in [0.2, 0.25) is 0 Å². The molecule has 3 rings (SSSR count). The average molecular weight is 282 g/mol. The van der Waals surface area contributed by atoms with Gasteiger partial charge in [-0.2, -0.15) is 0 Å². The Morgan fingerprint density at radius 3 is 2.71 bits per heavy atom. The predicted octanol–water partition coefficient (Wildman–Crippen LogP) is 3.57. The van der Waals surface area contributed by atoms with Gasteiger partial charge in [0.1, 0.15) is 11.3 Å². The summed E-state index contributed by atoms with van der Waals surface area (Å²) in [4.78, 5) is 12.1. The van der Waals surface area contributed by atoms with Crippen molar-refractivity contribution >= 4 is 27.8 Å². The standard InChI is InChI=1S/C17H14O4/c1-3-11-4-6-13-14-7-5-12(20-10-19-2)9-16(14)21-17(18)15(13)8-11/h3-9H,1,10H2,2H3. The van der Waals surface area contributed by atoms with Gasteiger partial charge in [0.2, 0.25) is 0 Å². The van der Waals surface area contributed by atoms with Crippen molar-refractivity contribution in [2.24, 2.45) is 0 Å². The Bertz CT molecular complexity index is 877. The SMILES string of the molecule is C=Cc1ccc2c(c1)c(=O)oc1cc(OCOC)ccc12. The number of hydrogen-bond acceptors (Lipinski definition) is 4. The summed E-state index contributed by atoms with van der Waals surface area (Å²) in [6, 6.07) is 11.0. The van der Waals surface area contributed by atoms with E-state index in [0.29, 0.717) is 16.7 Å². The van der Waals surface area contributed by atoms with Crippen LogP contribution in [0, 0.1) is 0 Å². The van der Waals surface area contributed by atoms with Gasteiger partial charge in [0, 0.05) is 18.6 Å². The van der Waals surface area contributed by atoms with Gasteiger partial charge in [-0.05, 0) is 29.1 Å². The summed E-state index contributed by atoms with van der Waals surface area (Å²) in [6.45, 7) is 3.85. The van der Waals surface area contributed by atoms with Gasteiger partial charge in [-0.25, -0.2) is 4.79 Å². The molecule has 0 aliphatic carbocycles. The summed E-state index contributed by atoms with van der Waals surface area (Å²) in [5, 5.41) is 2.26. The highest BCUT2D eigenvalue weighted by Crippen LogP contribution is 2.27. The number of rotatable bonds is 4. The summed E-state index contributed by atoms with van der Waals surface area (Å²) in [7, 11) is 1.55. The Kier molecular flexibility index (Phi) is 3.46. The van der Waals surface area contributed by atoms with Crippen LogP contribution >= 0.6 is 0 Å². The summed E-state index contributed by atoms with van der Waals surface area (Å²) < 4.78 is 15.6. The molecule has 0 radical (unpaired) electrons. The molecular formula is C17H14O4. The first kappa shape index (κ1) is 13.4. The highest BCUT2D eigenvalue weighted by atomic mass is 16.7. The molecule has 106 valence electrons. The van der Waals surface area contributed by atoms with Crippen LogP contribution in [0.15, 0.2) is 52.2 Å². The summed E-state index contributed by atoms with van der Waals surface area (Å²) >= 11 is 0. The van der Waals surface area contributed by atoms with E-state index in [2.05, 4.69) is 6.58 Å². The van der Waals surface area contributed by atoms with E-state index in [1.54, 1.807) is 25.3 Å². The lowest BCUT2D eigenvalue weighted by atomic mass is 10.0. The third-order valence-electron chi connectivity index (χ3n) is 3.29. The number of ether oxygens (including phenoxy) is 2. The van der Waals surface area contributed by atoms with E-state index >= 15 is 0 Å². The zero-order chi connectivity index (χ0) is 14.8. The van der Waals surface area contributed by atoms with Crippen molar-refractivity contribution in [1.82, 2.24) is 0 Å². The molecule has 0 amide bonds. The van der Waals surface area contributed by atoms with E-state index < -0.39 is 0 Å². The van der Waals surface area contributed by atoms with Crippen LogP contribution in [0.1, 0.15) is 5.56 Å². The number of hydrogen-bond donors (Lipinski definition) is 0. The maximum atomic E-state index is 12.1. The minimum absolute atomic E-state index is 0.145. The van der Waals surface area contributed by atoms with Gasteiger partial charge in [0.25, 0.3) is 0 Å². The molecule has 1 aromatic heterocycles. The smallest absolute Gasteiger partial charge is 0.344 e. The van der Waals surface area contributed by atoms with Crippen LogP contribution in [-0.2, 0) is 4.74 Å². The molecule has 0 unspecified atom stereocenters. The number of benzene rings is 2. The summed E-state index contributed by atoms with van der Waals surface area (Å²) in [5.74, 6) is 0.592. The van der Waals surface area contributed by atoms with E-state index in [9.17, 15) is 4.79 Å². The lowest BCUT2D eigenvalue weighted by Crippen LogP contribution is -2.01. The Morgan fingerprint density at radius 2 is 1.95 bits per heavy atom. The molecule has 2 aromatic carbocycles. The van der Waals surface area contributed by atoms with Gasteiger partial charge in [-0.1, -0.05) is 24.8 Å². The molecule has 0 saturated heterocycles. The molecule has 0 atom stereocenters. The minimum atomic E-state index is -0.370. The van der Waals surface area contributed by atoms with Gasteiger partial charge < -0.3 is 13.9 Å². The zero-order valence-corrected chi connectivity index (χ0v) is 11.6. The Hall–Kier alpha value is -2.59. The molecule has 0 spiro atoms. The highest BCUT2D eigenvalue weighted by Gasteiger charge is 2.08. The molecule has 0 saturated carbocycles. The highest BCUT2D eigenvalue weighted by molar-refractivity contribution is 6.05. The topological polar surface area (TPSA) is 48.7 Å². The van der Waals surface area contributed by atoms with E-state index in [0.717, 1.165) is 16.3 Å². The first-order valence-corrected chi connectivity index (χ1v) is 6.48. The number of fused-ring (bicyclic) bond motifs is 3. The lowest BCUT2D eigenvalue weighted by molar-refractivity contribution is 0.0512. The Morgan fingerprint density at radius 1 is 1.14 bits per heavy atom. The van der Waals surface area contributed by atoms with Crippen molar-refractivity contribution in [3.8, 4) is 5.75 Å². The van der Waals surface area contributed by atoms with Crippen LogP contribution in [-0.4, -0.2) is 13.9 Å². The second-order valence-corrected chi connectivity index (χ2v) is 4.61. The fraction of sp³-hybridized carbons (Fsp3) is 0.118. The van der Waals surface area contributed by atoms with Crippen LogP contribution in [0.5, 0.6) is 5.75 Å². The molecule has 4 heteroatoms. The molecule has 3 aromatic rings. The van der Waals surface area contributed by atoms with E-state index in [1.807, 2.05) is 24.3 Å². The normalized spacial score (nSPS) is 10.9. The van der Waals surface area contributed by atoms with Crippen molar-refractivity contribution in [1.29, 1.82) is 0 Å². The third kappa shape index (κ3) is 2.41. The zero-order valence-electron chi connectivity index (χ0n) is 11.6. The first-order valence-electron chi connectivity index (χ1n) is 6.48. The van der Waals surface area contributed by atoms with Crippen molar-refractivity contribution in [3.63, 3.8) is 0 Å². The van der Waals surface area contributed by atoms with Gasteiger partial charge >= 0.3 is 5.63 Å². The van der Waals surface area contributed by atoms with Crippen LogP contribution in [0.25, 0.3) is 27.8 Å². The largest absolute Gasteiger partial charge is 0.467 e. The molecule has 0 aliphatic heterocycles. The second-order valence-electron chi connectivity index (χ2n) is 4.61. The average Bonchev–Trinajstić information content (AvgIpc) is 2.52. The first-order chi connectivity index (χ1) is 10.2. The van der Waals surface area contributed by atoms with E-state index in [1.165, 1.54) is 0 Å². The quantitative estimate of drug-likeness (QED) is 0.417. The molecule has 1 heterocycles. The van der Waals surface area contributed by atoms with Crippen LogP contribution in [0.3, 0.4) is 0 Å². The van der Waals surface area contributed by atoms with Gasteiger partial charge in [0.15, 0.2) is 6.79 Å². The van der Waals surface area contributed by atoms with E-state index in [4.69, 9.17) is 13.9 Å². The predicted molar refractivity (Wildman–Crippen MR) is 82.6 cm³/mol. The van der Waals surface area contributed by atoms with Crippen molar-refractivity contribution < 1.29 is 13.9 Å². The van der Waals surface area contributed by atoms with Gasteiger partial charge in [-0.15, -0.1) is 0 Å². The number of methoxy groups -OCH3 is 1. The molecule has 0 N–H and O–H groups in total. The third-order valence-corrected chi connectivity index (χ3v) is 3.29. The molecule has 4 nitrogen and oxygen atoms in total. The van der Waals surface area contributed by atoms with E-state index in [-0.39, 0.29) is 12.4 Å². The van der Waals surface area contributed by atoms with Crippen molar-refractivity contribution in [2.75, 3.05) is 13.9 Å². The fourth-order valence-corrected chi connectivity index (χ4v) is 2.27. The maximum Gasteiger partial charge on any atom is 0.344 e. The van der Waals surface area contributed by atoms with Crippen molar-refractivity contribution in [3.05, 3.63) is 59.0 Å². The van der Waals surface area contributed by atoms with Crippen LogP contribution < -0.4 is 10.4 Å². The fourth-order valence-electron chi connectivity index (χ4n) is 2.27. The molecule has 0 bridgehead atoms. The Balaban J connectivity index is 2.24. The second kappa shape index (κ2) is 5.42. The van der Waals surface area contributed by atoms with Crippen LogP contribution in [0.4, 0.5) is 0 Å². The monoisotopic (exact) mass is 282 g/mol. The maximum absolute atomic E-state index is 12.1. The molecular weight excluding hydrogens is 268 g/mol. The minimum Gasteiger partial charge on any atom is -0.467 e. The molecule has 0 fully saturated rings. The molecule has 0 aliphatic rings. The van der Waals surface area contributed by atoms with Gasteiger partial charge in [-0.3, -0.25) is 0 Å². The van der Waals surface area contributed by atoms with Gasteiger partial charge in [0.05, 0.1) is 5.39 Å².